The lowest BCUT2D eigenvalue weighted by atomic mass is 9.87. The van der Waals surface area contributed by atoms with Gasteiger partial charge in [0.2, 0.25) is 0 Å². The highest BCUT2D eigenvalue weighted by Crippen LogP contribution is 2.26. The Morgan fingerprint density at radius 3 is 2.41 bits per heavy atom. The average molecular weight is 242 g/mol. The minimum Gasteiger partial charge on any atom is -0.481 e. The van der Waals surface area contributed by atoms with Crippen LogP contribution >= 0.6 is 0 Å². The van der Waals surface area contributed by atoms with Gasteiger partial charge in [-0.3, -0.25) is 4.79 Å². The van der Waals surface area contributed by atoms with E-state index in [1.54, 1.807) is 0 Å². The third-order valence-electron chi connectivity index (χ3n) is 2.87. The second-order valence-electron chi connectivity index (χ2n) is 4.05. The number of hydrogen-bond donors (Lipinski definition) is 1. The molecule has 0 atom stereocenters. The van der Waals surface area contributed by atoms with E-state index in [2.05, 4.69) is 6.58 Å². The van der Waals surface area contributed by atoms with Crippen LogP contribution in [0, 0.1) is 5.92 Å². The number of aliphatic carboxylic acids is 1. The molecule has 1 fully saturated rings. The van der Waals surface area contributed by atoms with Crippen LogP contribution in [0.3, 0.4) is 0 Å². The van der Waals surface area contributed by atoms with Crippen LogP contribution in [0.25, 0.3) is 0 Å². The highest BCUT2D eigenvalue weighted by Gasteiger charge is 2.26. The van der Waals surface area contributed by atoms with Crippen LogP contribution in [0.1, 0.15) is 25.7 Å². The highest BCUT2D eigenvalue weighted by molar-refractivity contribution is 5.81. The number of rotatable bonds is 6. The summed E-state index contributed by atoms with van der Waals surface area (Å²) >= 11 is 0. The van der Waals surface area contributed by atoms with Crippen molar-refractivity contribution in [2.75, 3.05) is 13.2 Å². The number of ether oxygens (including phenoxy) is 2. The quantitative estimate of drug-likeness (QED) is 0.432. The molecule has 0 saturated heterocycles. The van der Waals surface area contributed by atoms with E-state index in [1.807, 2.05) is 0 Å². The molecule has 1 rings (SSSR count). The Hall–Kier alpha value is -1.36. The minimum atomic E-state index is -0.719. The molecule has 0 aliphatic heterocycles. The SMILES string of the molecule is C=CC(=O)OCCOC1CCC(C(=O)O)CC1. The second-order valence-corrected chi connectivity index (χ2v) is 4.05. The molecule has 0 heterocycles. The van der Waals surface area contributed by atoms with Crippen LogP contribution in [0.2, 0.25) is 0 Å². The van der Waals surface area contributed by atoms with Gasteiger partial charge in [-0.15, -0.1) is 0 Å². The van der Waals surface area contributed by atoms with Crippen molar-refractivity contribution in [3.8, 4) is 0 Å². The first-order valence-electron chi connectivity index (χ1n) is 5.77. The summed E-state index contributed by atoms with van der Waals surface area (Å²) < 4.78 is 10.3. The zero-order valence-electron chi connectivity index (χ0n) is 9.76. The summed E-state index contributed by atoms with van der Waals surface area (Å²) in [5, 5.41) is 8.82. The van der Waals surface area contributed by atoms with E-state index in [0.717, 1.165) is 18.9 Å². The van der Waals surface area contributed by atoms with E-state index >= 15 is 0 Å². The first-order chi connectivity index (χ1) is 8.13. The van der Waals surface area contributed by atoms with E-state index < -0.39 is 11.9 Å². The smallest absolute Gasteiger partial charge is 0.330 e. The third-order valence-corrected chi connectivity index (χ3v) is 2.87. The molecule has 5 heteroatoms. The lowest BCUT2D eigenvalue weighted by Crippen LogP contribution is -2.27. The standard InChI is InChI=1S/C12H18O5/c1-2-11(13)17-8-7-16-10-5-3-9(4-6-10)12(14)15/h2,9-10H,1,3-8H2,(H,14,15). The lowest BCUT2D eigenvalue weighted by Gasteiger charge is -2.26. The van der Waals surface area contributed by atoms with Crippen molar-refractivity contribution in [1.29, 1.82) is 0 Å². The third kappa shape index (κ3) is 4.99. The second kappa shape index (κ2) is 7.06. The van der Waals surface area contributed by atoms with Crippen molar-refractivity contribution in [3.05, 3.63) is 12.7 Å². The molecule has 17 heavy (non-hydrogen) atoms. The molecule has 1 aliphatic carbocycles. The van der Waals surface area contributed by atoms with Gasteiger partial charge in [-0.25, -0.2) is 4.79 Å². The van der Waals surface area contributed by atoms with Crippen LogP contribution < -0.4 is 0 Å². The summed E-state index contributed by atoms with van der Waals surface area (Å²) in [6.45, 7) is 3.84. The maximum absolute atomic E-state index is 10.7. The Balaban J connectivity index is 2.08. The van der Waals surface area contributed by atoms with E-state index in [9.17, 15) is 9.59 Å². The Kier molecular flexibility index (Phi) is 5.69. The summed E-state index contributed by atoms with van der Waals surface area (Å²) in [7, 11) is 0. The highest BCUT2D eigenvalue weighted by atomic mass is 16.6. The molecule has 1 N–H and O–H groups in total. The van der Waals surface area contributed by atoms with Crippen molar-refractivity contribution in [2.24, 2.45) is 5.92 Å². The van der Waals surface area contributed by atoms with Gasteiger partial charge < -0.3 is 14.6 Å². The predicted octanol–water partition coefficient (Wildman–Crippen LogP) is 1.38. The normalized spacial score (nSPS) is 24.0. The number of carbonyl (C=O) groups is 2. The summed E-state index contributed by atoms with van der Waals surface area (Å²) in [6, 6.07) is 0. The van der Waals surface area contributed by atoms with E-state index in [0.29, 0.717) is 19.4 Å². The number of carbonyl (C=O) groups excluding carboxylic acids is 1. The van der Waals surface area contributed by atoms with Crippen molar-refractivity contribution in [3.63, 3.8) is 0 Å². The Bertz CT molecular complexity index is 279. The number of carboxylic acid groups (broad SMARTS) is 1. The molecule has 0 radical (unpaired) electrons. The average Bonchev–Trinajstić information content (AvgIpc) is 2.34. The molecular formula is C12H18O5. The maximum atomic E-state index is 10.7. The summed E-state index contributed by atoms with van der Waals surface area (Å²) in [5.41, 5.74) is 0. The zero-order chi connectivity index (χ0) is 12.7. The molecule has 1 saturated carbocycles. The molecule has 0 amide bonds. The van der Waals surface area contributed by atoms with Gasteiger partial charge in [0.05, 0.1) is 18.6 Å². The summed E-state index contributed by atoms with van der Waals surface area (Å²) in [5.74, 6) is -1.40. The fourth-order valence-electron chi connectivity index (χ4n) is 1.89. The number of carboxylic acids is 1. The van der Waals surface area contributed by atoms with E-state index in [1.165, 1.54) is 0 Å². The van der Waals surface area contributed by atoms with Crippen LogP contribution in [0.4, 0.5) is 0 Å². The molecule has 1 aliphatic rings. The Morgan fingerprint density at radius 2 is 1.88 bits per heavy atom. The van der Waals surface area contributed by atoms with Gasteiger partial charge in [0.25, 0.3) is 0 Å². The molecule has 0 aromatic rings. The van der Waals surface area contributed by atoms with Crippen LogP contribution in [-0.2, 0) is 19.1 Å². The van der Waals surface area contributed by atoms with Gasteiger partial charge in [-0.2, -0.15) is 0 Å². The van der Waals surface area contributed by atoms with Crippen molar-refractivity contribution >= 4 is 11.9 Å². The van der Waals surface area contributed by atoms with Gasteiger partial charge in [-0.05, 0) is 25.7 Å². The number of esters is 1. The molecule has 0 spiro atoms. The van der Waals surface area contributed by atoms with Crippen LogP contribution in [-0.4, -0.2) is 36.4 Å². The zero-order valence-corrected chi connectivity index (χ0v) is 9.76. The monoisotopic (exact) mass is 242 g/mol. The van der Waals surface area contributed by atoms with Gasteiger partial charge in [0, 0.05) is 6.08 Å². The van der Waals surface area contributed by atoms with Crippen molar-refractivity contribution in [2.45, 2.75) is 31.8 Å². The lowest BCUT2D eigenvalue weighted by molar-refractivity contribution is -0.145. The minimum absolute atomic E-state index is 0.0908. The molecule has 5 nitrogen and oxygen atoms in total. The molecular weight excluding hydrogens is 224 g/mol. The van der Waals surface area contributed by atoms with Gasteiger partial charge >= 0.3 is 11.9 Å². The van der Waals surface area contributed by atoms with E-state index in [-0.39, 0.29) is 18.6 Å². The first kappa shape index (κ1) is 13.7. The van der Waals surface area contributed by atoms with Gasteiger partial charge in [0.1, 0.15) is 6.61 Å². The Labute approximate surface area is 100 Å². The maximum Gasteiger partial charge on any atom is 0.330 e. The molecule has 0 bridgehead atoms. The summed E-state index contributed by atoms with van der Waals surface area (Å²) in [6.07, 6.45) is 4.03. The van der Waals surface area contributed by atoms with Gasteiger partial charge in [-0.1, -0.05) is 6.58 Å². The van der Waals surface area contributed by atoms with Crippen molar-refractivity contribution in [1.82, 2.24) is 0 Å². The van der Waals surface area contributed by atoms with Crippen LogP contribution in [0.15, 0.2) is 12.7 Å². The molecule has 0 unspecified atom stereocenters. The topological polar surface area (TPSA) is 72.8 Å². The summed E-state index contributed by atoms with van der Waals surface area (Å²) in [4.78, 5) is 21.4. The van der Waals surface area contributed by atoms with Crippen LogP contribution in [0.5, 0.6) is 0 Å². The predicted molar refractivity (Wildman–Crippen MR) is 60.5 cm³/mol. The van der Waals surface area contributed by atoms with E-state index in [4.69, 9.17) is 14.6 Å². The fourth-order valence-corrected chi connectivity index (χ4v) is 1.89. The van der Waals surface area contributed by atoms with Crippen molar-refractivity contribution < 1.29 is 24.2 Å². The largest absolute Gasteiger partial charge is 0.481 e. The number of hydrogen-bond acceptors (Lipinski definition) is 4. The first-order valence-corrected chi connectivity index (χ1v) is 5.77. The molecule has 0 aromatic carbocycles. The van der Waals surface area contributed by atoms with Gasteiger partial charge in [0.15, 0.2) is 0 Å². The molecule has 96 valence electrons. The molecule has 0 aromatic heterocycles. The fraction of sp³-hybridized carbons (Fsp3) is 0.667. The Morgan fingerprint density at radius 1 is 1.24 bits per heavy atom.